The van der Waals surface area contributed by atoms with E-state index in [4.69, 9.17) is 18.8 Å². The van der Waals surface area contributed by atoms with E-state index in [1.807, 2.05) is 6.07 Å². The molecule has 5 heteroatoms. The summed E-state index contributed by atoms with van der Waals surface area (Å²) in [5, 5.41) is 10.5. The molecular formula is C58H41N3O2. The summed E-state index contributed by atoms with van der Waals surface area (Å²) in [6, 6.07) is 58.4. The van der Waals surface area contributed by atoms with E-state index in [1.165, 1.54) is 37.9 Å². The molecule has 1 aliphatic carbocycles. The van der Waals surface area contributed by atoms with Gasteiger partial charge in [0.15, 0.2) is 11.4 Å². The lowest BCUT2D eigenvalue weighted by Crippen LogP contribution is -2.20. The van der Waals surface area contributed by atoms with Gasteiger partial charge >= 0.3 is 0 Å². The number of hydrogen-bond donors (Lipinski definition) is 0. The molecule has 11 aromatic rings. The molecule has 8 aromatic carbocycles. The zero-order chi connectivity index (χ0) is 41.8. The van der Waals surface area contributed by atoms with Crippen LogP contribution in [-0.4, -0.2) is 16.1 Å². The first kappa shape index (κ1) is 35.9. The van der Waals surface area contributed by atoms with Crippen molar-refractivity contribution < 1.29 is 8.83 Å². The number of amidine groups is 1. The Kier molecular flexibility index (Phi) is 7.92. The maximum atomic E-state index is 7.07. The number of hydrogen-bond acceptors (Lipinski definition) is 4. The van der Waals surface area contributed by atoms with Crippen molar-refractivity contribution in [1.29, 1.82) is 0 Å². The molecule has 3 atom stereocenters. The Morgan fingerprint density at radius 3 is 2.10 bits per heavy atom. The molecule has 1 aliphatic heterocycles. The van der Waals surface area contributed by atoms with Crippen molar-refractivity contribution in [2.45, 2.75) is 26.2 Å². The van der Waals surface area contributed by atoms with E-state index in [0.717, 1.165) is 84.3 Å². The van der Waals surface area contributed by atoms with Crippen LogP contribution in [0.4, 0.5) is 0 Å². The van der Waals surface area contributed by atoms with Gasteiger partial charge in [-0.25, -0.2) is 9.98 Å². The molecule has 3 aromatic heterocycles. The number of para-hydroxylation sites is 2. The fourth-order valence-electron chi connectivity index (χ4n) is 10.6. The summed E-state index contributed by atoms with van der Waals surface area (Å²) in [6.45, 7) is 4.59. The Bertz CT molecular complexity index is 3820. The molecule has 0 saturated carbocycles. The average molecular weight is 812 g/mol. The second-order valence-electron chi connectivity index (χ2n) is 17.3. The topological polar surface area (TPSA) is 55.9 Å². The van der Waals surface area contributed by atoms with E-state index in [-0.39, 0.29) is 17.8 Å². The van der Waals surface area contributed by atoms with Gasteiger partial charge in [-0.3, -0.25) is 0 Å². The minimum absolute atomic E-state index is 0.0206. The molecule has 63 heavy (non-hydrogen) atoms. The maximum absolute atomic E-state index is 7.07. The Hall–Kier alpha value is -7.76. The first-order valence-corrected chi connectivity index (χ1v) is 22.0. The van der Waals surface area contributed by atoms with Gasteiger partial charge in [0, 0.05) is 55.6 Å². The molecule has 0 radical (unpaired) electrons. The van der Waals surface area contributed by atoms with E-state index in [0.29, 0.717) is 5.84 Å². The van der Waals surface area contributed by atoms with Crippen molar-refractivity contribution in [1.82, 2.24) is 4.57 Å². The summed E-state index contributed by atoms with van der Waals surface area (Å²) in [5.74, 6) is 1.90. The summed E-state index contributed by atoms with van der Waals surface area (Å²) < 4.78 is 15.8. The molecule has 5 nitrogen and oxygen atoms in total. The SMILES string of the molecule is CC1C/C=C(C2C=Cc3oc4ccccc4c3C2C)/N=C(c2ccc(-n3c4cc5ccccc5cc4c4c5ccccc5ccc43)c3oc4ccccc4c23)\N=C/1c1ccccc1. The molecule has 3 unspecified atom stereocenters. The zero-order valence-electron chi connectivity index (χ0n) is 34.9. The molecule has 0 fully saturated rings. The maximum Gasteiger partial charge on any atom is 0.160 e. The summed E-state index contributed by atoms with van der Waals surface area (Å²) in [5.41, 5.74) is 11.1. The second-order valence-corrected chi connectivity index (χ2v) is 17.3. The molecule has 0 N–H and O–H groups in total. The van der Waals surface area contributed by atoms with Gasteiger partial charge in [-0.1, -0.05) is 147 Å². The number of furan rings is 2. The van der Waals surface area contributed by atoms with Gasteiger partial charge in [0.1, 0.15) is 16.9 Å². The predicted molar refractivity (Wildman–Crippen MR) is 262 cm³/mol. The highest BCUT2D eigenvalue weighted by Gasteiger charge is 2.32. The van der Waals surface area contributed by atoms with Gasteiger partial charge < -0.3 is 13.4 Å². The number of aliphatic imine (C=N–C) groups is 2. The third-order valence-corrected chi connectivity index (χ3v) is 13.6. The lowest BCUT2D eigenvalue weighted by molar-refractivity contribution is 0.552. The Morgan fingerprint density at radius 1 is 0.571 bits per heavy atom. The van der Waals surface area contributed by atoms with E-state index in [9.17, 15) is 0 Å². The van der Waals surface area contributed by atoms with Crippen LogP contribution in [0.15, 0.2) is 200 Å². The van der Waals surface area contributed by atoms with Gasteiger partial charge in [0.2, 0.25) is 0 Å². The van der Waals surface area contributed by atoms with E-state index in [1.54, 1.807) is 0 Å². The predicted octanol–water partition coefficient (Wildman–Crippen LogP) is 15.3. The van der Waals surface area contributed by atoms with Crippen LogP contribution in [0.25, 0.3) is 88.0 Å². The van der Waals surface area contributed by atoms with Crippen LogP contribution in [-0.2, 0) is 0 Å². The van der Waals surface area contributed by atoms with Crippen molar-refractivity contribution in [2.24, 2.45) is 21.8 Å². The molecule has 2 aliphatic rings. The van der Waals surface area contributed by atoms with Crippen LogP contribution in [0.5, 0.6) is 0 Å². The highest BCUT2D eigenvalue weighted by molar-refractivity contribution is 6.26. The number of nitrogens with zero attached hydrogens (tertiary/aromatic N) is 3. The Balaban J connectivity index is 1.08. The largest absolute Gasteiger partial charge is 0.456 e. The molecule has 0 spiro atoms. The highest BCUT2D eigenvalue weighted by Crippen LogP contribution is 2.46. The summed E-state index contributed by atoms with van der Waals surface area (Å²) in [7, 11) is 0. The number of aromatic nitrogens is 1. The number of fused-ring (bicyclic) bond motifs is 12. The smallest absolute Gasteiger partial charge is 0.160 e. The molecule has 0 amide bonds. The van der Waals surface area contributed by atoms with E-state index >= 15 is 0 Å². The first-order valence-electron chi connectivity index (χ1n) is 22.0. The van der Waals surface area contributed by atoms with Crippen LogP contribution >= 0.6 is 0 Å². The molecule has 300 valence electrons. The van der Waals surface area contributed by atoms with Gasteiger partial charge in [0.25, 0.3) is 0 Å². The zero-order valence-corrected chi connectivity index (χ0v) is 34.9. The number of allylic oxidation sites excluding steroid dienone is 2. The van der Waals surface area contributed by atoms with E-state index in [2.05, 4.69) is 194 Å². The van der Waals surface area contributed by atoms with Gasteiger partial charge in [-0.2, -0.15) is 0 Å². The first-order chi connectivity index (χ1) is 31.1. The van der Waals surface area contributed by atoms with Crippen molar-refractivity contribution in [3.05, 3.63) is 204 Å². The monoisotopic (exact) mass is 811 g/mol. The minimum Gasteiger partial charge on any atom is -0.456 e. The normalized spacial score (nSPS) is 20.5. The van der Waals surface area contributed by atoms with Crippen molar-refractivity contribution in [2.75, 3.05) is 0 Å². The lowest BCUT2D eigenvalue weighted by atomic mass is 9.79. The minimum atomic E-state index is 0.0206. The summed E-state index contributed by atoms with van der Waals surface area (Å²) in [4.78, 5) is 11.3. The van der Waals surface area contributed by atoms with Crippen molar-refractivity contribution in [3.63, 3.8) is 0 Å². The number of rotatable bonds is 4. The molecular weight excluding hydrogens is 771 g/mol. The summed E-state index contributed by atoms with van der Waals surface area (Å²) in [6.07, 6.45) is 7.59. The Labute approximate surface area is 363 Å². The molecule has 4 heterocycles. The van der Waals surface area contributed by atoms with Crippen molar-refractivity contribution in [3.8, 4) is 5.69 Å². The molecule has 13 rings (SSSR count). The lowest BCUT2D eigenvalue weighted by Gasteiger charge is -2.27. The standard InChI is InChI=1S/C58H41N3O2/c1-34-24-28-46(40-27-31-52-53(35(40)2)42-20-10-12-22-50(42)62-52)59-58(60-56(34)37-15-4-3-5-16-37)44-26-30-48(57-55(44)43-21-11-13-23-51(43)63-57)61-47-29-25-36-14-8-9-19-41(36)54(47)45-32-38-17-6-7-18-39(38)33-49(45)61/h3-23,25-35,40H,24H2,1-2H3/b46-28+,59-58-,60-56+. The van der Waals surface area contributed by atoms with Crippen LogP contribution < -0.4 is 0 Å². The third kappa shape index (κ3) is 5.49. The number of benzene rings is 8. The second kappa shape index (κ2) is 13.9. The van der Waals surface area contributed by atoms with Gasteiger partial charge in [0.05, 0.1) is 22.4 Å². The Morgan fingerprint density at radius 2 is 1.27 bits per heavy atom. The summed E-state index contributed by atoms with van der Waals surface area (Å²) >= 11 is 0. The van der Waals surface area contributed by atoms with Gasteiger partial charge in [-0.15, -0.1) is 0 Å². The molecule has 0 bridgehead atoms. The van der Waals surface area contributed by atoms with Crippen LogP contribution in [0.1, 0.15) is 48.6 Å². The van der Waals surface area contributed by atoms with Crippen LogP contribution in [0, 0.1) is 11.8 Å². The van der Waals surface area contributed by atoms with Crippen LogP contribution in [0.2, 0.25) is 0 Å². The molecule has 0 saturated heterocycles. The van der Waals surface area contributed by atoms with Crippen LogP contribution in [0.3, 0.4) is 0 Å². The van der Waals surface area contributed by atoms with Crippen molar-refractivity contribution >= 4 is 93.9 Å². The average Bonchev–Trinajstić information content (AvgIpc) is 4.00. The quantitative estimate of drug-likeness (QED) is 0.178. The van der Waals surface area contributed by atoms with E-state index < -0.39 is 0 Å². The highest BCUT2D eigenvalue weighted by atomic mass is 16.3. The fraction of sp³-hybridized carbons (Fsp3) is 0.103. The third-order valence-electron chi connectivity index (χ3n) is 13.6. The van der Waals surface area contributed by atoms with Gasteiger partial charge in [-0.05, 0) is 88.0 Å². The fourth-order valence-corrected chi connectivity index (χ4v) is 10.6.